The van der Waals surface area contributed by atoms with Crippen LogP contribution in [0.1, 0.15) is 25.0 Å². The number of guanidine groups is 1. The summed E-state index contributed by atoms with van der Waals surface area (Å²) in [6, 6.07) is 14.6. The summed E-state index contributed by atoms with van der Waals surface area (Å²) in [5, 5.41) is 7.00. The molecule has 0 spiro atoms. The molecule has 2 fully saturated rings. The molecule has 2 aliphatic rings. The lowest BCUT2D eigenvalue weighted by atomic mass is 10.1. The first kappa shape index (κ1) is 19.4. The van der Waals surface area contributed by atoms with Crippen LogP contribution in [-0.2, 0) is 11.2 Å². The van der Waals surface area contributed by atoms with Gasteiger partial charge in [-0.05, 0) is 43.5 Å². The van der Waals surface area contributed by atoms with E-state index in [1.807, 2.05) is 23.9 Å². The number of nitrogens with one attached hydrogen (secondary N) is 2. The lowest BCUT2D eigenvalue weighted by molar-refractivity contribution is 0.186. The first-order valence-corrected chi connectivity index (χ1v) is 11.0. The first-order valence-electron chi connectivity index (χ1n) is 10.2. The van der Waals surface area contributed by atoms with Crippen molar-refractivity contribution in [3.8, 4) is 0 Å². The van der Waals surface area contributed by atoms with Crippen molar-refractivity contribution in [3.63, 3.8) is 0 Å². The number of hydrogen-bond donors (Lipinski definition) is 2. The minimum absolute atomic E-state index is 0.257. The fraction of sp³-hybridized carbons (Fsp3) is 0.500. The number of nitrogens with zero attached hydrogens (tertiary/aromatic N) is 1. The number of benzene rings is 1. The summed E-state index contributed by atoms with van der Waals surface area (Å²) >= 11 is 1.97. The van der Waals surface area contributed by atoms with Gasteiger partial charge in [0.2, 0.25) is 0 Å². The molecule has 1 aromatic carbocycles. The molecule has 6 heteroatoms. The lowest BCUT2D eigenvalue weighted by Gasteiger charge is -2.17. The Morgan fingerprint density at radius 3 is 2.75 bits per heavy atom. The standard InChI is InChI=1S/C22H29N3O2S/c1-2-6-20(7-3-1)28-22(10-11-22)17-25-21(24-15-18-9-14-26-16-18)23-12-8-19-5-4-13-27-19/h1-7,13,18H,8-12,14-17H2,(H2,23,24,25). The molecule has 1 aliphatic heterocycles. The summed E-state index contributed by atoms with van der Waals surface area (Å²) in [6.07, 6.45) is 6.16. The summed E-state index contributed by atoms with van der Waals surface area (Å²) < 4.78 is 11.2. The van der Waals surface area contributed by atoms with Crippen LogP contribution in [0.5, 0.6) is 0 Å². The Morgan fingerprint density at radius 2 is 2.04 bits per heavy atom. The van der Waals surface area contributed by atoms with Crippen LogP contribution in [-0.4, -0.2) is 43.6 Å². The Bertz CT molecular complexity index is 738. The quantitative estimate of drug-likeness (QED) is 0.497. The molecular formula is C22H29N3O2S. The zero-order valence-electron chi connectivity index (χ0n) is 16.2. The second kappa shape index (κ2) is 9.52. The maximum Gasteiger partial charge on any atom is 0.191 e. The van der Waals surface area contributed by atoms with Crippen LogP contribution < -0.4 is 10.6 Å². The molecule has 0 radical (unpaired) electrons. The number of thioether (sulfide) groups is 1. The van der Waals surface area contributed by atoms with Gasteiger partial charge in [0, 0.05) is 41.7 Å². The predicted molar refractivity (Wildman–Crippen MR) is 114 cm³/mol. The van der Waals surface area contributed by atoms with E-state index in [0.717, 1.165) is 57.4 Å². The smallest absolute Gasteiger partial charge is 0.191 e. The van der Waals surface area contributed by atoms with Crippen molar-refractivity contribution < 1.29 is 9.15 Å². The average Bonchev–Trinajstić information content (AvgIpc) is 3.12. The van der Waals surface area contributed by atoms with Gasteiger partial charge in [0.05, 0.1) is 19.4 Å². The van der Waals surface area contributed by atoms with Gasteiger partial charge >= 0.3 is 0 Å². The van der Waals surface area contributed by atoms with Crippen LogP contribution in [0.25, 0.3) is 0 Å². The number of furan rings is 1. The Labute approximate surface area is 171 Å². The van der Waals surface area contributed by atoms with Crippen molar-refractivity contribution in [1.29, 1.82) is 0 Å². The number of rotatable bonds is 9. The van der Waals surface area contributed by atoms with Crippen molar-refractivity contribution >= 4 is 17.7 Å². The van der Waals surface area contributed by atoms with Crippen LogP contribution in [0.4, 0.5) is 0 Å². The fourth-order valence-corrected chi connectivity index (χ4v) is 4.54. The van der Waals surface area contributed by atoms with Crippen molar-refractivity contribution in [1.82, 2.24) is 10.6 Å². The van der Waals surface area contributed by atoms with Gasteiger partial charge in [-0.1, -0.05) is 18.2 Å². The highest BCUT2D eigenvalue weighted by Crippen LogP contribution is 2.51. The van der Waals surface area contributed by atoms with Gasteiger partial charge < -0.3 is 19.8 Å². The molecule has 28 heavy (non-hydrogen) atoms. The van der Waals surface area contributed by atoms with E-state index >= 15 is 0 Å². The molecule has 1 saturated heterocycles. The van der Waals surface area contributed by atoms with Crippen LogP contribution in [0, 0.1) is 5.92 Å². The van der Waals surface area contributed by atoms with Crippen molar-refractivity contribution in [3.05, 3.63) is 54.5 Å². The molecule has 1 aromatic heterocycles. The van der Waals surface area contributed by atoms with Gasteiger partial charge in [0.25, 0.3) is 0 Å². The molecule has 2 heterocycles. The molecule has 1 unspecified atom stereocenters. The predicted octanol–water partition coefficient (Wildman–Crippen LogP) is 3.72. The molecule has 1 atom stereocenters. The van der Waals surface area contributed by atoms with Crippen molar-refractivity contribution in [2.45, 2.75) is 35.3 Å². The van der Waals surface area contributed by atoms with Crippen LogP contribution in [0.15, 0.2) is 63.0 Å². The third kappa shape index (κ3) is 5.79. The monoisotopic (exact) mass is 399 g/mol. The topological polar surface area (TPSA) is 58.8 Å². The summed E-state index contributed by atoms with van der Waals surface area (Å²) in [7, 11) is 0. The van der Waals surface area contributed by atoms with E-state index in [4.69, 9.17) is 14.1 Å². The van der Waals surface area contributed by atoms with E-state index in [1.54, 1.807) is 6.26 Å². The SMILES string of the molecule is c1ccc(SC2(CN=C(NCCc3ccco3)NCC3CCOC3)CC2)cc1. The minimum Gasteiger partial charge on any atom is -0.469 e. The molecule has 4 rings (SSSR count). The number of ether oxygens (including phenoxy) is 1. The molecule has 0 bridgehead atoms. The zero-order valence-corrected chi connectivity index (χ0v) is 17.0. The first-order chi connectivity index (χ1) is 13.8. The zero-order chi connectivity index (χ0) is 19.1. The highest BCUT2D eigenvalue weighted by molar-refractivity contribution is 8.01. The van der Waals surface area contributed by atoms with Crippen molar-refractivity contribution in [2.24, 2.45) is 10.9 Å². The van der Waals surface area contributed by atoms with Gasteiger partial charge in [-0.3, -0.25) is 4.99 Å². The van der Waals surface area contributed by atoms with Crippen LogP contribution >= 0.6 is 11.8 Å². The highest BCUT2D eigenvalue weighted by atomic mass is 32.2. The summed E-state index contributed by atoms with van der Waals surface area (Å²) in [5.41, 5.74) is 0. The van der Waals surface area contributed by atoms with Gasteiger partial charge in [-0.25, -0.2) is 0 Å². The van der Waals surface area contributed by atoms with Gasteiger partial charge in [0.15, 0.2) is 5.96 Å². The van der Waals surface area contributed by atoms with E-state index < -0.39 is 0 Å². The Morgan fingerprint density at radius 1 is 1.14 bits per heavy atom. The summed E-state index contributed by atoms with van der Waals surface area (Å²) in [6.45, 7) is 4.27. The lowest BCUT2D eigenvalue weighted by Crippen LogP contribution is -2.41. The fourth-order valence-electron chi connectivity index (χ4n) is 3.31. The van der Waals surface area contributed by atoms with Gasteiger partial charge in [-0.2, -0.15) is 0 Å². The Balaban J connectivity index is 1.32. The van der Waals surface area contributed by atoms with E-state index in [2.05, 4.69) is 41.0 Å². The molecule has 0 amide bonds. The van der Waals surface area contributed by atoms with Crippen LogP contribution in [0.2, 0.25) is 0 Å². The third-order valence-corrected chi connectivity index (χ3v) is 6.71. The normalized spacial score (nSPS) is 20.9. The molecule has 2 aromatic rings. The highest BCUT2D eigenvalue weighted by Gasteiger charge is 2.43. The maximum atomic E-state index is 5.49. The summed E-state index contributed by atoms with van der Waals surface area (Å²) in [4.78, 5) is 6.27. The average molecular weight is 400 g/mol. The Hall–Kier alpha value is -1.92. The maximum absolute atomic E-state index is 5.49. The summed E-state index contributed by atoms with van der Waals surface area (Å²) in [5.74, 6) is 2.47. The Kier molecular flexibility index (Phi) is 6.60. The van der Waals surface area contributed by atoms with Crippen molar-refractivity contribution in [2.75, 3.05) is 32.8 Å². The van der Waals surface area contributed by atoms with Gasteiger partial charge in [-0.15, -0.1) is 11.8 Å². The van der Waals surface area contributed by atoms with E-state index in [-0.39, 0.29) is 4.75 Å². The van der Waals surface area contributed by atoms with E-state index in [9.17, 15) is 0 Å². The molecular weight excluding hydrogens is 370 g/mol. The molecule has 2 N–H and O–H groups in total. The molecule has 1 aliphatic carbocycles. The second-order valence-electron chi connectivity index (χ2n) is 7.63. The van der Waals surface area contributed by atoms with E-state index in [1.165, 1.54) is 17.7 Å². The largest absolute Gasteiger partial charge is 0.469 e. The van der Waals surface area contributed by atoms with Gasteiger partial charge in [0.1, 0.15) is 5.76 Å². The molecule has 150 valence electrons. The van der Waals surface area contributed by atoms with E-state index in [0.29, 0.717) is 5.92 Å². The molecule has 1 saturated carbocycles. The third-order valence-electron chi connectivity index (χ3n) is 5.24. The molecule has 5 nitrogen and oxygen atoms in total. The second-order valence-corrected chi connectivity index (χ2v) is 9.17. The minimum atomic E-state index is 0.257. The van der Waals surface area contributed by atoms with Crippen LogP contribution in [0.3, 0.4) is 0 Å². The number of hydrogen-bond acceptors (Lipinski definition) is 4. The number of aliphatic imine (C=N–C) groups is 1.